The minimum absolute atomic E-state index is 0.152. The summed E-state index contributed by atoms with van der Waals surface area (Å²) < 4.78 is 16.4. The Kier molecular flexibility index (Phi) is 8.13. The van der Waals surface area contributed by atoms with E-state index in [-0.39, 0.29) is 12.6 Å². The van der Waals surface area contributed by atoms with E-state index in [1.165, 1.54) is 0 Å². The van der Waals surface area contributed by atoms with Crippen molar-refractivity contribution >= 4 is 12.0 Å². The zero-order valence-corrected chi connectivity index (χ0v) is 16.2. The molecule has 0 bridgehead atoms. The largest absolute Gasteiger partial charge is 0.493 e. The summed E-state index contributed by atoms with van der Waals surface area (Å²) in [5.74, 6) is 0.152. The van der Waals surface area contributed by atoms with Gasteiger partial charge in [0, 0.05) is 17.9 Å². The molecule has 1 aromatic carbocycles. The quantitative estimate of drug-likeness (QED) is 0.484. The summed E-state index contributed by atoms with van der Waals surface area (Å²) in [6, 6.07) is 6.39. The van der Waals surface area contributed by atoms with Gasteiger partial charge in [-0.15, -0.1) is 0 Å². The third kappa shape index (κ3) is 5.72. The third-order valence-corrected chi connectivity index (χ3v) is 4.14. The first-order valence-corrected chi connectivity index (χ1v) is 9.33. The van der Waals surface area contributed by atoms with Crippen molar-refractivity contribution in [3.63, 3.8) is 0 Å². The van der Waals surface area contributed by atoms with Crippen molar-refractivity contribution < 1.29 is 23.8 Å². The zero-order valence-electron chi connectivity index (χ0n) is 16.2. The molecule has 0 saturated heterocycles. The van der Waals surface area contributed by atoms with E-state index in [4.69, 9.17) is 14.2 Å². The van der Waals surface area contributed by atoms with Gasteiger partial charge < -0.3 is 24.8 Å². The van der Waals surface area contributed by atoms with Crippen LogP contribution in [-0.4, -0.2) is 38.4 Å². The van der Waals surface area contributed by atoms with E-state index in [2.05, 4.69) is 17.6 Å². The fourth-order valence-electron chi connectivity index (χ4n) is 2.79. The van der Waals surface area contributed by atoms with Crippen molar-refractivity contribution in [2.45, 2.75) is 39.7 Å². The van der Waals surface area contributed by atoms with Gasteiger partial charge in [0.25, 0.3) is 0 Å². The summed E-state index contributed by atoms with van der Waals surface area (Å²) in [7, 11) is 0. The Balaban J connectivity index is 2.25. The van der Waals surface area contributed by atoms with Gasteiger partial charge in [-0.3, -0.25) is 0 Å². The second-order valence-electron chi connectivity index (χ2n) is 6.14. The maximum Gasteiger partial charge on any atom is 0.338 e. The Bertz CT molecular complexity index is 687. The predicted octanol–water partition coefficient (Wildman–Crippen LogP) is 3.07. The summed E-state index contributed by atoms with van der Waals surface area (Å²) in [6.45, 7) is 7.26. The number of carbonyl (C=O) groups is 2. The summed E-state index contributed by atoms with van der Waals surface area (Å²) in [4.78, 5) is 24.7. The number of rotatable bonds is 10. The number of nitrogens with one attached hydrogen (secondary N) is 2. The first-order valence-electron chi connectivity index (χ1n) is 9.33. The highest BCUT2D eigenvalue weighted by molar-refractivity contribution is 5.95. The Morgan fingerprint density at radius 3 is 2.67 bits per heavy atom. The average molecular weight is 376 g/mol. The standard InChI is InChI=1S/C20H28N2O5/c1-4-6-11-26-16-10-8-7-9-15(16)18-17(14(3)21-20(24)22-18)19(23)27-13-12-25-5-2/h7-10,18H,4-6,11-13H2,1-3H3,(H2,21,22,24)/t18-/m1/s1. The smallest absolute Gasteiger partial charge is 0.338 e. The molecule has 2 rings (SSSR count). The van der Waals surface area contributed by atoms with E-state index < -0.39 is 12.0 Å². The molecule has 2 N–H and O–H groups in total. The number of carbonyl (C=O) groups excluding carboxylic acids is 2. The highest BCUT2D eigenvalue weighted by Crippen LogP contribution is 2.33. The van der Waals surface area contributed by atoms with E-state index in [0.29, 0.717) is 36.8 Å². The Morgan fingerprint density at radius 2 is 1.93 bits per heavy atom. The molecule has 7 nitrogen and oxygen atoms in total. The topological polar surface area (TPSA) is 85.9 Å². The van der Waals surface area contributed by atoms with Gasteiger partial charge in [-0.2, -0.15) is 0 Å². The molecule has 0 saturated carbocycles. The number of hydrogen-bond donors (Lipinski definition) is 2. The Morgan fingerprint density at radius 1 is 1.15 bits per heavy atom. The van der Waals surface area contributed by atoms with Crippen LogP contribution in [0.4, 0.5) is 4.79 Å². The van der Waals surface area contributed by atoms with Gasteiger partial charge >= 0.3 is 12.0 Å². The van der Waals surface area contributed by atoms with Gasteiger partial charge in [0.05, 0.1) is 24.8 Å². The lowest BCUT2D eigenvalue weighted by atomic mass is 9.95. The molecular weight excluding hydrogens is 348 g/mol. The number of urea groups is 1. The first kappa shape index (κ1) is 20.8. The normalized spacial score (nSPS) is 16.6. The molecule has 2 amide bonds. The fraction of sp³-hybridized carbons (Fsp3) is 0.500. The predicted molar refractivity (Wildman–Crippen MR) is 101 cm³/mol. The number of hydrogen-bond acceptors (Lipinski definition) is 5. The number of benzene rings is 1. The molecule has 0 aromatic heterocycles. The highest BCUT2D eigenvalue weighted by atomic mass is 16.6. The molecule has 7 heteroatoms. The third-order valence-electron chi connectivity index (χ3n) is 4.14. The molecule has 0 aliphatic carbocycles. The molecule has 1 aromatic rings. The molecule has 0 spiro atoms. The highest BCUT2D eigenvalue weighted by Gasteiger charge is 2.33. The molecule has 148 valence electrons. The van der Waals surface area contributed by atoms with Crippen LogP contribution in [0.15, 0.2) is 35.5 Å². The zero-order chi connectivity index (χ0) is 19.6. The summed E-state index contributed by atoms with van der Waals surface area (Å²) >= 11 is 0. The number of unbranched alkanes of at least 4 members (excludes halogenated alkanes) is 1. The van der Waals surface area contributed by atoms with Gasteiger partial charge in [-0.1, -0.05) is 31.5 Å². The van der Waals surface area contributed by atoms with Crippen molar-refractivity contribution in [2.75, 3.05) is 26.4 Å². The van der Waals surface area contributed by atoms with Crippen LogP contribution in [0.1, 0.15) is 45.2 Å². The monoisotopic (exact) mass is 376 g/mol. The lowest BCUT2D eigenvalue weighted by molar-refractivity contribution is -0.141. The van der Waals surface area contributed by atoms with E-state index in [1.54, 1.807) is 6.92 Å². The van der Waals surface area contributed by atoms with Crippen LogP contribution in [0.5, 0.6) is 5.75 Å². The maximum atomic E-state index is 12.7. The summed E-state index contributed by atoms with van der Waals surface area (Å²) in [6.07, 6.45) is 1.94. The summed E-state index contributed by atoms with van der Waals surface area (Å²) in [5.41, 5.74) is 1.55. The number of allylic oxidation sites excluding steroid dienone is 1. The second-order valence-corrected chi connectivity index (χ2v) is 6.14. The van der Waals surface area contributed by atoms with Crippen molar-refractivity contribution in [3.05, 3.63) is 41.1 Å². The lowest BCUT2D eigenvalue weighted by Gasteiger charge is -2.29. The van der Waals surface area contributed by atoms with Crippen molar-refractivity contribution in [1.29, 1.82) is 0 Å². The van der Waals surface area contributed by atoms with Gasteiger partial charge in [0.1, 0.15) is 12.4 Å². The Hall–Kier alpha value is -2.54. The fourth-order valence-corrected chi connectivity index (χ4v) is 2.79. The van der Waals surface area contributed by atoms with E-state index >= 15 is 0 Å². The Labute approximate surface area is 160 Å². The molecule has 1 heterocycles. The first-order chi connectivity index (χ1) is 13.1. The molecule has 27 heavy (non-hydrogen) atoms. The molecule has 1 aliphatic rings. The van der Waals surface area contributed by atoms with Crippen LogP contribution in [0.3, 0.4) is 0 Å². The van der Waals surface area contributed by atoms with Gasteiger partial charge in [-0.25, -0.2) is 9.59 Å². The number of ether oxygens (including phenoxy) is 3. The molecule has 0 unspecified atom stereocenters. The number of esters is 1. The number of para-hydroxylation sites is 1. The van der Waals surface area contributed by atoms with Gasteiger partial charge in [0.2, 0.25) is 0 Å². The van der Waals surface area contributed by atoms with Crippen LogP contribution < -0.4 is 15.4 Å². The van der Waals surface area contributed by atoms with Crippen molar-refractivity contribution in [2.24, 2.45) is 0 Å². The summed E-state index contributed by atoms with van der Waals surface area (Å²) in [5, 5.41) is 5.45. The lowest BCUT2D eigenvalue weighted by Crippen LogP contribution is -2.45. The van der Waals surface area contributed by atoms with Crippen LogP contribution >= 0.6 is 0 Å². The van der Waals surface area contributed by atoms with Gasteiger partial charge in [-0.05, 0) is 26.3 Å². The van der Waals surface area contributed by atoms with E-state index in [1.807, 2.05) is 31.2 Å². The van der Waals surface area contributed by atoms with E-state index in [0.717, 1.165) is 18.4 Å². The second kappa shape index (κ2) is 10.6. The molecule has 1 atom stereocenters. The minimum atomic E-state index is -0.642. The van der Waals surface area contributed by atoms with Crippen LogP contribution in [-0.2, 0) is 14.3 Å². The van der Waals surface area contributed by atoms with Crippen molar-refractivity contribution in [1.82, 2.24) is 10.6 Å². The molecule has 1 aliphatic heterocycles. The van der Waals surface area contributed by atoms with Crippen LogP contribution in [0.2, 0.25) is 0 Å². The molecule has 0 fully saturated rings. The van der Waals surface area contributed by atoms with Crippen LogP contribution in [0.25, 0.3) is 0 Å². The van der Waals surface area contributed by atoms with Gasteiger partial charge in [0.15, 0.2) is 0 Å². The van der Waals surface area contributed by atoms with Crippen molar-refractivity contribution in [3.8, 4) is 5.75 Å². The minimum Gasteiger partial charge on any atom is -0.493 e. The average Bonchev–Trinajstić information content (AvgIpc) is 2.65. The van der Waals surface area contributed by atoms with Crippen LogP contribution in [0, 0.1) is 0 Å². The van der Waals surface area contributed by atoms with E-state index in [9.17, 15) is 9.59 Å². The molecule has 0 radical (unpaired) electrons. The number of amides is 2. The maximum absolute atomic E-state index is 12.7. The molecular formula is C20H28N2O5. The SMILES string of the molecule is CCCCOc1ccccc1[C@H]1NC(=O)NC(C)=C1C(=O)OCCOCC.